The van der Waals surface area contributed by atoms with Gasteiger partial charge in [0.05, 0.1) is 0 Å². The van der Waals surface area contributed by atoms with E-state index in [0.29, 0.717) is 5.41 Å². The Kier molecular flexibility index (Phi) is 6.61. The van der Waals surface area contributed by atoms with Gasteiger partial charge in [0.15, 0.2) is 0 Å². The fraction of sp³-hybridized carbons (Fsp3) is 0.688. The maximum atomic E-state index is 2.40. The first-order valence-corrected chi connectivity index (χ1v) is 8.20. The van der Waals surface area contributed by atoms with E-state index in [2.05, 4.69) is 45.0 Å². The molecule has 1 aliphatic carbocycles. The van der Waals surface area contributed by atoms with Crippen molar-refractivity contribution in [3.63, 3.8) is 0 Å². The van der Waals surface area contributed by atoms with Crippen LogP contribution >= 0.6 is 8.58 Å². The second-order valence-electron chi connectivity index (χ2n) is 6.52. The third-order valence-electron chi connectivity index (χ3n) is 3.90. The van der Waals surface area contributed by atoms with Crippen molar-refractivity contribution >= 4 is 8.58 Å². The zero-order chi connectivity index (χ0) is 12.3. The summed E-state index contributed by atoms with van der Waals surface area (Å²) in [5.41, 5.74) is 3.74. The second-order valence-corrected chi connectivity index (χ2v) is 8.25. The van der Waals surface area contributed by atoms with E-state index in [1.165, 1.54) is 32.1 Å². The molecule has 96 valence electrons. The zero-order valence-corrected chi connectivity index (χ0v) is 13.5. The standard InChI is InChI=1S/C16H26P.Li/c1-16(2,3)15(13-9-7-8-10-13)17-14-11-5-4-6-12-14;/h7-10,14-15,17H,4-6,11-12H2,1-3H3;/q-1;+1. The monoisotopic (exact) mass is 256 g/mol. The van der Waals surface area contributed by atoms with Crippen molar-refractivity contribution in [2.24, 2.45) is 5.41 Å². The minimum atomic E-state index is 0. The predicted octanol–water partition coefficient (Wildman–Crippen LogP) is 2.51. The maximum Gasteiger partial charge on any atom is 1.00 e. The van der Waals surface area contributed by atoms with Crippen LogP contribution in [0.3, 0.4) is 0 Å². The number of hydrogen-bond acceptors (Lipinski definition) is 0. The summed E-state index contributed by atoms with van der Waals surface area (Å²) in [7, 11) is 1.12. The molecule has 0 aromatic heterocycles. The van der Waals surface area contributed by atoms with Gasteiger partial charge in [0.2, 0.25) is 0 Å². The fourth-order valence-corrected chi connectivity index (χ4v) is 5.03. The van der Waals surface area contributed by atoms with E-state index in [4.69, 9.17) is 0 Å². The quantitative estimate of drug-likeness (QED) is 0.443. The Morgan fingerprint density at radius 2 is 1.61 bits per heavy atom. The fourth-order valence-electron chi connectivity index (χ4n) is 2.93. The molecule has 0 nitrogen and oxygen atoms in total. The van der Waals surface area contributed by atoms with E-state index in [9.17, 15) is 0 Å². The topological polar surface area (TPSA) is 0 Å². The summed E-state index contributed by atoms with van der Waals surface area (Å²) in [5.74, 6) is 0. The van der Waals surface area contributed by atoms with Crippen LogP contribution in [0.4, 0.5) is 0 Å². The molecule has 1 aromatic carbocycles. The first-order valence-electron chi connectivity index (χ1n) is 7.05. The van der Waals surface area contributed by atoms with E-state index >= 15 is 0 Å². The Labute approximate surface area is 127 Å². The van der Waals surface area contributed by atoms with Gasteiger partial charge < -0.3 is 0 Å². The molecular weight excluding hydrogens is 230 g/mol. The summed E-state index contributed by atoms with van der Waals surface area (Å²) < 4.78 is 0. The van der Waals surface area contributed by atoms with E-state index in [0.717, 1.165) is 19.9 Å². The number of hydrogen-bond donors (Lipinski definition) is 0. The van der Waals surface area contributed by atoms with Crippen LogP contribution in [0, 0.1) is 5.41 Å². The van der Waals surface area contributed by atoms with Crippen LogP contribution in [0.1, 0.15) is 64.1 Å². The summed E-state index contributed by atoms with van der Waals surface area (Å²) >= 11 is 0. The third-order valence-corrected chi connectivity index (χ3v) is 6.48. The van der Waals surface area contributed by atoms with Crippen LogP contribution < -0.4 is 18.9 Å². The third kappa shape index (κ3) is 4.49. The molecule has 0 N–H and O–H groups in total. The van der Waals surface area contributed by atoms with Gasteiger partial charge in [-0.15, -0.1) is 14.1 Å². The van der Waals surface area contributed by atoms with Crippen LogP contribution in [-0.4, -0.2) is 5.66 Å². The minimum absolute atomic E-state index is 0. The van der Waals surface area contributed by atoms with Gasteiger partial charge in [-0.1, -0.05) is 40.0 Å². The summed E-state index contributed by atoms with van der Waals surface area (Å²) in [6, 6.07) is 9.04. The molecule has 2 unspecified atom stereocenters. The smallest absolute Gasteiger partial charge is 0.213 e. The first kappa shape index (κ1) is 16.4. The molecule has 1 fully saturated rings. The van der Waals surface area contributed by atoms with Crippen molar-refractivity contribution in [1.82, 2.24) is 0 Å². The molecule has 18 heavy (non-hydrogen) atoms. The normalized spacial score (nSPS) is 19.9. The van der Waals surface area contributed by atoms with Crippen molar-refractivity contribution in [3.05, 3.63) is 29.8 Å². The Balaban J connectivity index is 0.00000162. The van der Waals surface area contributed by atoms with Crippen LogP contribution in [0.15, 0.2) is 24.3 Å². The van der Waals surface area contributed by atoms with E-state index < -0.39 is 0 Å². The predicted molar refractivity (Wildman–Crippen MR) is 79.4 cm³/mol. The van der Waals surface area contributed by atoms with Crippen molar-refractivity contribution < 1.29 is 18.9 Å². The minimum Gasteiger partial charge on any atom is -0.213 e. The molecule has 1 saturated carbocycles. The van der Waals surface area contributed by atoms with E-state index in [-0.39, 0.29) is 18.9 Å². The van der Waals surface area contributed by atoms with Gasteiger partial charge in [0, 0.05) is 0 Å². The molecule has 0 aliphatic heterocycles. The Hall–Kier alpha value is 0.377. The van der Waals surface area contributed by atoms with Gasteiger partial charge in [0.1, 0.15) is 0 Å². The Bertz CT molecular complexity index is 317. The molecule has 2 rings (SSSR count). The van der Waals surface area contributed by atoms with E-state index in [1.807, 2.05) is 0 Å². The summed E-state index contributed by atoms with van der Waals surface area (Å²) in [6.07, 6.45) is 7.36. The van der Waals surface area contributed by atoms with Gasteiger partial charge in [-0.3, -0.25) is 0 Å². The first-order chi connectivity index (χ1) is 8.07. The molecule has 2 heteroatoms. The Morgan fingerprint density at radius 1 is 1.06 bits per heavy atom. The van der Waals surface area contributed by atoms with Gasteiger partial charge >= 0.3 is 18.9 Å². The second kappa shape index (κ2) is 7.24. The molecule has 0 saturated heterocycles. The average Bonchev–Trinajstić information content (AvgIpc) is 2.79. The van der Waals surface area contributed by atoms with Crippen LogP contribution in [0.2, 0.25) is 0 Å². The van der Waals surface area contributed by atoms with Gasteiger partial charge in [0.25, 0.3) is 0 Å². The van der Waals surface area contributed by atoms with Crippen molar-refractivity contribution in [3.8, 4) is 0 Å². The van der Waals surface area contributed by atoms with Gasteiger partial charge in [-0.2, -0.15) is 12.1 Å². The Morgan fingerprint density at radius 3 is 2.11 bits per heavy atom. The molecule has 0 heterocycles. The molecule has 0 bridgehead atoms. The van der Waals surface area contributed by atoms with Gasteiger partial charge in [-0.05, 0) is 29.6 Å². The molecule has 0 amide bonds. The van der Waals surface area contributed by atoms with Crippen LogP contribution in [0.5, 0.6) is 0 Å². The molecule has 1 aromatic rings. The van der Waals surface area contributed by atoms with Crippen LogP contribution in [-0.2, 0) is 0 Å². The van der Waals surface area contributed by atoms with Crippen molar-refractivity contribution in [2.45, 2.75) is 64.2 Å². The molecule has 2 atom stereocenters. The number of rotatable bonds is 3. The van der Waals surface area contributed by atoms with Crippen LogP contribution in [0.25, 0.3) is 0 Å². The molecule has 1 aliphatic rings. The molecule has 0 spiro atoms. The summed E-state index contributed by atoms with van der Waals surface area (Å²) in [5, 5.41) is 0. The van der Waals surface area contributed by atoms with E-state index in [1.54, 1.807) is 5.56 Å². The zero-order valence-electron chi connectivity index (χ0n) is 12.5. The van der Waals surface area contributed by atoms with Crippen molar-refractivity contribution in [1.29, 1.82) is 0 Å². The van der Waals surface area contributed by atoms with Gasteiger partial charge in [-0.25, -0.2) is 12.1 Å². The average molecular weight is 256 g/mol. The summed E-state index contributed by atoms with van der Waals surface area (Å²) in [6.45, 7) is 7.21. The maximum absolute atomic E-state index is 2.40. The van der Waals surface area contributed by atoms with Crippen molar-refractivity contribution in [2.75, 3.05) is 0 Å². The summed E-state index contributed by atoms with van der Waals surface area (Å²) in [4.78, 5) is 0. The SMILES string of the molecule is CC(C)(C)C(PC1CCCCC1)[c-]1cccc1.[Li+]. The molecular formula is C16H26LiP. The molecule has 0 radical (unpaired) electrons. The largest absolute Gasteiger partial charge is 1.00 e.